The fourth-order valence-electron chi connectivity index (χ4n) is 2.01. The van der Waals surface area contributed by atoms with Crippen LogP contribution in [0.15, 0.2) is 0 Å². The van der Waals surface area contributed by atoms with Crippen molar-refractivity contribution in [1.82, 2.24) is 4.90 Å². The van der Waals surface area contributed by atoms with Crippen molar-refractivity contribution in [2.45, 2.75) is 38.6 Å². The van der Waals surface area contributed by atoms with Crippen LogP contribution in [-0.4, -0.2) is 36.2 Å². The third-order valence-electron chi connectivity index (χ3n) is 3.24. The zero-order chi connectivity index (χ0) is 10.6. The Morgan fingerprint density at radius 2 is 2.14 bits per heavy atom. The van der Waals surface area contributed by atoms with Crippen LogP contribution in [0.4, 0.5) is 4.79 Å². The van der Waals surface area contributed by atoms with E-state index >= 15 is 0 Å². The zero-order valence-corrected chi connectivity index (χ0v) is 9.08. The molecular formula is C10H20N2O2. The standard InChI is InChI=1S/C10H20N2O2/c1-3-10(4-2,8-11)12-6-5-7-14-9(12)13/h3-8,11H2,1-2H3. The van der Waals surface area contributed by atoms with E-state index in [4.69, 9.17) is 10.5 Å². The van der Waals surface area contributed by atoms with Crippen LogP contribution in [0.3, 0.4) is 0 Å². The first kappa shape index (κ1) is 11.3. The summed E-state index contributed by atoms with van der Waals surface area (Å²) in [4.78, 5) is 13.4. The Labute approximate surface area is 85.4 Å². The molecule has 1 heterocycles. The molecule has 1 aliphatic rings. The molecule has 4 heteroatoms. The van der Waals surface area contributed by atoms with Crippen LogP contribution in [0.25, 0.3) is 0 Å². The van der Waals surface area contributed by atoms with E-state index in [1.165, 1.54) is 0 Å². The molecule has 1 saturated heterocycles. The van der Waals surface area contributed by atoms with Gasteiger partial charge >= 0.3 is 6.09 Å². The van der Waals surface area contributed by atoms with Gasteiger partial charge in [-0.05, 0) is 19.3 Å². The van der Waals surface area contributed by atoms with Gasteiger partial charge in [0.15, 0.2) is 0 Å². The van der Waals surface area contributed by atoms with E-state index in [9.17, 15) is 4.79 Å². The van der Waals surface area contributed by atoms with Crippen molar-refractivity contribution in [3.05, 3.63) is 0 Å². The Morgan fingerprint density at radius 1 is 1.50 bits per heavy atom. The maximum Gasteiger partial charge on any atom is 0.410 e. The molecule has 0 spiro atoms. The molecule has 1 fully saturated rings. The highest BCUT2D eigenvalue weighted by Gasteiger charge is 2.37. The second-order valence-corrected chi connectivity index (χ2v) is 3.76. The number of hydrogen-bond acceptors (Lipinski definition) is 3. The van der Waals surface area contributed by atoms with Crippen LogP contribution in [0, 0.1) is 0 Å². The maximum atomic E-state index is 11.6. The number of rotatable bonds is 4. The summed E-state index contributed by atoms with van der Waals surface area (Å²) in [5.41, 5.74) is 5.58. The topological polar surface area (TPSA) is 55.6 Å². The lowest BCUT2D eigenvalue weighted by molar-refractivity contribution is 0.0182. The van der Waals surface area contributed by atoms with Crippen molar-refractivity contribution < 1.29 is 9.53 Å². The summed E-state index contributed by atoms with van der Waals surface area (Å²) in [5.74, 6) is 0. The van der Waals surface area contributed by atoms with Crippen LogP contribution in [0.5, 0.6) is 0 Å². The molecule has 1 amide bonds. The number of hydrogen-bond donors (Lipinski definition) is 1. The predicted octanol–water partition coefficient (Wildman–Crippen LogP) is 1.35. The van der Waals surface area contributed by atoms with E-state index < -0.39 is 0 Å². The van der Waals surface area contributed by atoms with Gasteiger partial charge in [0.1, 0.15) is 0 Å². The molecule has 14 heavy (non-hydrogen) atoms. The van der Waals surface area contributed by atoms with E-state index in [2.05, 4.69) is 13.8 Å². The molecule has 0 radical (unpaired) electrons. The Bertz CT molecular complexity index is 194. The van der Waals surface area contributed by atoms with E-state index in [0.29, 0.717) is 13.2 Å². The van der Waals surface area contributed by atoms with Crippen molar-refractivity contribution in [2.24, 2.45) is 5.73 Å². The molecule has 82 valence electrons. The van der Waals surface area contributed by atoms with Crippen molar-refractivity contribution in [2.75, 3.05) is 19.7 Å². The van der Waals surface area contributed by atoms with E-state index in [-0.39, 0.29) is 11.6 Å². The SMILES string of the molecule is CCC(CC)(CN)N1CCCOC1=O. The van der Waals surface area contributed by atoms with E-state index in [1.54, 1.807) is 4.90 Å². The Balaban J connectivity index is 2.79. The van der Waals surface area contributed by atoms with Gasteiger partial charge < -0.3 is 15.4 Å². The second kappa shape index (κ2) is 4.64. The fraction of sp³-hybridized carbons (Fsp3) is 0.900. The molecule has 2 N–H and O–H groups in total. The minimum absolute atomic E-state index is 0.197. The lowest BCUT2D eigenvalue weighted by atomic mass is 9.90. The van der Waals surface area contributed by atoms with Gasteiger partial charge in [0.2, 0.25) is 0 Å². The van der Waals surface area contributed by atoms with Gasteiger partial charge in [-0.2, -0.15) is 0 Å². The van der Waals surface area contributed by atoms with Crippen LogP contribution in [-0.2, 0) is 4.74 Å². The van der Waals surface area contributed by atoms with Crippen molar-refractivity contribution in [3.63, 3.8) is 0 Å². The number of nitrogens with zero attached hydrogens (tertiary/aromatic N) is 1. The molecule has 0 aromatic carbocycles. The number of carbonyl (C=O) groups excluding carboxylic acids is 1. The van der Waals surface area contributed by atoms with Crippen LogP contribution in [0.1, 0.15) is 33.1 Å². The molecule has 0 saturated carbocycles. The molecular weight excluding hydrogens is 180 g/mol. The van der Waals surface area contributed by atoms with Gasteiger partial charge in [0.05, 0.1) is 12.1 Å². The second-order valence-electron chi connectivity index (χ2n) is 3.76. The first-order valence-electron chi connectivity index (χ1n) is 5.34. The number of cyclic esters (lactones) is 1. The summed E-state index contributed by atoms with van der Waals surface area (Å²) in [6, 6.07) is 0. The number of carbonyl (C=O) groups is 1. The van der Waals surface area contributed by atoms with Gasteiger partial charge in [-0.1, -0.05) is 13.8 Å². The van der Waals surface area contributed by atoms with Gasteiger partial charge in [-0.15, -0.1) is 0 Å². The van der Waals surface area contributed by atoms with Crippen LogP contribution < -0.4 is 5.73 Å². The minimum Gasteiger partial charge on any atom is -0.449 e. The monoisotopic (exact) mass is 200 g/mol. The maximum absolute atomic E-state index is 11.6. The van der Waals surface area contributed by atoms with Crippen LogP contribution >= 0.6 is 0 Å². The highest BCUT2D eigenvalue weighted by molar-refractivity contribution is 5.69. The number of ether oxygens (including phenoxy) is 1. The molecule has 0 atom stereocenters. The van der Waals surface area contributed by atoms with Crippen molar-refractivity contribution >= 4 is 6.09 Å². The van der Waals surface area contributed by atoms with Gasteiger partial charge in [-0.25, -0.2) is 4.79 Å². The van der Waals surface area contributed by atoms with Gasteiger partial charge in [-0.3, -0.25) is 0 Å². The summed E-state index contributed by atoms with van der Waals surface area (Å²) in [6.07, 6.45) is 2.47. The third kappa shape index (κ3) is 1.85. The number of amides is 1. The Morgan fingerprint density at radius 3 is 2.57 bits per heavy atom. The molecule has 0 aromatic heterocycles. The van der Waals surface area contributed by atoms with Gasteiger partial charge in [0, 0.05) is 13.1 Å². The van der Waals surface area contributed by atoms with Crippen LogP contribution in [0.2, 0.25) is 0 Å². The van der Waals surface area contributed by atoms with Gasteiger partial charge in [0.25, 0.3) is 0 Å². The summed E-state index contributed by atoms with van der Waals surface area (Å²) in [7, 11) is 0. The molecule has 1 rings (SSSR count). The summed E-state index contributed by atoms with van der Waals surface area (Å²) >= 11 is 0. The first-order chi connectivity index (χ1) is 6.70. The molecule has 0 aliphatic carbocycles. The zero-order valence-electron chi connectivity index (χ0n) is 9.08. The average Bonchev–Trinajstić information content (AvgIpc) is 2.24. The molecule has 0 aromatic rings. The lowest BCUT2D eigenvalue weighted by Crippen LogP contribution is -2.57. The number of nitrogens with two attached hydrogens (primary N) is 1. The smallest absolute Gasteiger partial charge is 0.410 e. The molecule has 0 bridgehead atoms. The average molecular weight is 200 g/mol. The highest BCUT2D eigenvalue weighted by Crippen LogP contribution is 2.25. The van der Waals surface area contributed by atoms with Crippen molar-refractivity contribution in [1.29, 1.82) is 0 Å². The minimum atomic E-state index is -0.203. The quantitative estimate of drug-likeness (QED) is 0.745. The normalized spacial score (nSPS) is 18.2. The predicted molar refractivity (Wildman–Crippen MR) is 55.0 cm³/mol. The Hall–Kier alpha value is -0.770. The summed E-state index contributed by atoms with van der Waals surface area (Å²) < 4.78 is 5.03. The molecule has 0 unspecified atom stereocenters. The first-order valence-corrected chi connectivity index (χ1v) is 5.34. The lowest BCUT2D eigenvalue weighted by Gasteiger charge is -2.43. The van der Waals surface area contributed by atoms with Crippen molar-refractivity contribution in [3.8, 4) is 0 Å². The largest absolute Gasteiger partial charge is 0.449 e. The summed E-state index contributed by atoms with van der Waals surface area (Å²) in [6.45, 7) is 5.96. The third-order valence-corrected chi connectivity index (χ3v) is 3.24. The van der Waals surface area contributed by atoms with E-state index in [0.717, 1.165) is 25.8 Å². The Kier molecular flexibility index (Phi) is 3.75. The molecule has 4 nitrogen and oxygen atoms in total. The highest BCUT2D eigenvalue weighted by atomic mass is 16.6. The summed E-state index contributed by atoms with van der Waals surface area (Å²) in [5, 5.41) is 0. The fourth-order valence-corrected chi connectivity index (χ4v) is 2.01. The molecule has 1 aliphatic heterocycles. The van der Waals surface area contributed by atoms with E-state index in [1.807, 2.05) is 0 Å².